The molecular formula is C64H61NO. The van der Waals surface area contributed by atoms with Crippen LogP contribution in [0.2, 0.25) is 0 Å². The minimum absolute atomic E-state index is 0.0952. The van der Waals surface area contributed by atoms with Crippen LogP contribution in [0.5, 0.6) is 0 Å². The second-order valence-electron chi connectivity index (χ2n) is 22.0. The Morgan fingerprint density at radius 3 is 1.86 bits per heavy atom. The molecular weight excluding hydrogens is 799 g/mol. The Balaban J connectivity index is 0.962. The van der Waals surface area contributed by atoms with Crippen molar-refractivity contribution in [3.63, 3.8) is 0 Å². The molecule has 0 N–H and O–H groups in total. The van der Waals surface area contributed by atoms with Crippen molar-refractivity contribution >= 4 is 39.0 Å². The SMILES string of the molecule is CC1(C)c2ccccc2-c2ccc(N(c3ccc4c(c3)C3(CC5CCC3C5)c3ccccc3-4)c3ccccc3-c3ccc4oc5c(C6CCCCC6)cc(C6CCCCC6)cc5c4c3)cc21. The summed E-state index contributed by atoms with van der Waals surface area (Å²) < 4.78 is 7.00. The van der Waals surface area contributed by atoms with Crippen molar-refractivity contribution in [2.24, 2.45) is 11.8 Å². The molecule has 328 valence electrons. The zero-order valence-corrected chi connectivity index (χ0v) is 38.8. The van der Waals surface area contributed by atoms with E-state index in [9.17, 15) is 0 Å². The quantitative estimate of drug-likeness (QED) is 0.166. The lowest BCUT2D eigenvalue weighted by Gasteiger charge is -2.37. The van der Waals surface area contributed by atoms with Crippen LogP contribution in [0.4, 0.5) is 17.1 Å². The molecule has 3 unspecified atom stereocenters. The van der Waals surface area contributed by atoms with Crippen LogP contribution in [0.1, 0.15) is 149 Å². The predicted molar refractivity (Wildman–Crippen MR) is 275 cm³/mol. The fraction of sp³-hybridized carbons (Fsp3) is 0.344. The van der Waals surface area contributed by atoms with Crippen LogP contribution in [0, 0.1) is 11.8 Å². The van der Waals surface area contributed by atoms with E-state index in [0.29, 0.717) is 17.8 Å². The van der Waals surface area contributed by atoms with Gasteiger partial charge in [0.15, 0.2) is 0 Å². The average Bonchev–Trinajstić information content (AvgIpc) is 4.19. The van der Waals surface area contributed by atoms with E-state index in [1.54, 1.807) is 16.7 Å². The zero-order chi connectivity index (χ0) is 43.7. The molecule has 4 saturated carbocycles. The Morgan fingerprint density at radius 1 is 0.500 bits per heavy atom. The van der Waals surface area contributed by atoms with E-state index in [2.05, 4.69) is 158 Å². The standard InChI is InChI=1S/C64H61NO/c1-63(2)56-22-12-9-20-49(56)51-30-28-46(37-58(51)63)65(47-29-31-52-50-21-10-13-23-57(50)64(59(52)38-47)39-40-25-27-45(64)33-40)60-24-14-11-19-48(60)43-26-32-61-54(34-43)55-36-44(41-15-5-3-6-16-41)35-53(62(55)66-61)42-17-7-4-8-18-42/h9-14,19-24,26,28-32,34-38,40-42,45H,3-8,15-18,25,27,33,39H2,1-2H3. The lowest BCUT2D eigenvalue weighted by molar-refractivity contribution is 0.327. The summed E-state index contributed by atoms with van der Waals surface area (Å²) in [6.07, 6.45) is 18.6. The lowest BCUT2D eigenvalue weighted by atomic mass is 9.67. The first-order valence-corrected chi connectivity index (χ1v) is 25.8. The van der Waals surface area contributed by atoms with Crippen molar-refractivity contribution in [1.82, 2.24) is 0 Å². The Kier molecular flexibility index (Phi) is 8.83. The summed E-state index contributed by atoms with van der Waals surface area (Å²) in [6, 6.07) is 54.8. The van der Waals surface area contributed by atoms with Gasteiger partial charge in [-0.15, -0.1) is 0 Å². The molecule has 7 aromatic carbocycles. The number of benzene rings is 7. The second kappa shape index (κ2) is 14.8. The number of hydrogen-bond donors (Lipinski definition) is 0. The monoisotopic (exact) mass is 859 g/mol. The van der Waals surface area contributed by atoms with Crippen molar-refractivity contribution in [3.8, 4) is 33.4 Å². The summed E-state index contributed by atoms with van der Waals surface area (Å²) in [6.45, 7) is 4.82. The van der Waals surface area contributed by atoms with Gasteiger partial charge in [0, 0.05) is 38.5 Å². The third-order valence-corrected chi connectivity index (χ3v) is 18.3. The Morgan fingerprint density at radius 2 is 1.14 bits per heavy atom. The minimum atomic E-state index is -0.111. The highest BCUT2D eigenvalue weighted by Crippen LogP contribution is 2.66. The molecule has 0 saturated heterocycles. The van der Waals surface area contributed by atoms with Crippen LogP contribution < -0.4 is 4.90 Å². The Labute approximate surface area is 391 Å². The second-order valence-corrected chi connectivity index (χ2v) is 22.0. The molecule has 6 aliphatic rings. The van der Waals surface area contributed by atoms with E-state index in [1.165, 1.54) is 168 Å². The van der Waals surface area contributed by atoms with Gasteiger partial charge in [0.1, 0.15) is 11.2 Å². The zero-order valence-electron chi connectivity index (χ0n) is 38.8. The minimum Gasteiger partial charge on any atom is -0.456 e. The molecule has 2 nitrogen and oxygen atoms in total. The number of rotatable bonds is 6. The maximum Gasteiger partial charge on any atom is 0.138 e. The first-order valence-electron chi connectivity index (χ1n) is 25.8. The van der Waals surface area contributed by atoms with Crippen molar-refractivity contribution in [2.75, 3.05) is 4.90 Å². The third-order valence-electron chi connectivity index (χ3n) is 18.3. The molecule has 1 heterocycles. The first kappa shape index (κ1) is 39.3. The van der Waals surface area contributed by atoms with Crippen molar-refractivity contribution < 1.29 is 4.42 Å². The van der Waals surface area contributed by atoms with Gasteiger partial charge in [-0.2, -0.15) is 0 Å². The van der Waals surface area contributed by atoms with Crippen LogP contribution >= 0.6 is 0 Å². The fourth-order valence-electron chi connectivity index (χ4n) is 15.2. The molecule has 2 heteroatoms. The number of anilines is 3. The van der Waals surface area contributed by atoms with Gasteiger partial charge < -0.3 is 9.32 Å². The van der Waals surface area contributed by atoms with E-state index in [4.69, 9.17) is 4.42 Å². The van der Waals surface area contributed by atoms with E-state index < -0.39 is 0 Å². The van der Waals surface area contributed by atoms with Crippen molar-refractivity contribution in [1.29, 1.82) is 0 Å². The number of nitrogens with zero attached hydrogens (tertiary/aromatic N) is 1. The molecule has 4 fully saturated rings. The Hall–Kier alpha value is -5.86. The number of hydrogen-bond acceptors (Lipinski definition) is 2. The molecule has 14 rings (SSSR count). The van der Waals surface area contributed by atoms with Gasteiger partial charge in [0.2, 0.25) is 0 Å². The van der Waals surface area contributed by atoms with Gasteiger partial charge in [-0.05, 0) is 178 Å². The maximum absolute atomic E-state index is 7.00. The molecule has 66 heavy (non-hydrogen) atoms. The third kappa shape index (κ3) is 5.72. The molecule has 1 spiro atoms. The molecule has 0 radical (unpaired) electrons. The number of fused-ring (bicyclic) bond motifs is 14. The van der Waals surface area contributed by atoms with Gasteiger partial charge in [-0.3, -0.25) is 0 Å². The highest BCUT2D eigenvalue weighted by molar-refractivity contribution is 6.08. The largest absolute Gasteiger partial charge is 0.456 e. The normalized spacial score (nSPS) is 22.8. The molecule has 2 bridgehead atoms. The van der Waals surface area contributed by atoms with Crippen molar-refractivity contribution in [3.05, 3.63) is 173 Å². The van der Waals surface area contributed by atoms with Gasteiger partial charge in [0.05, 0.1) is 5.69 Å². The van der Waals surface area contributed by atoms with Crippen LogP contribution in [-0.4, -0.2) is 0 Å². The summed E-state index contributed by atoms with van der Waals surface area (Å²) in [7, 11) is 0. The topological polar surface area (TPSA) is 16.4 Å². The summed E-state index contributed by atoms with van der Waals surface area (Å²) in [4.78, 5) is 2.61. The molecule has 6 aliphatic carbocycles. The van der Waals surface area contributed by atoms with Gasteiger partial charge in [-0.25, -0.2) is 0 Å². The van der Waals surface area contributed by atoms with E-state index in [-0.39, 0.29) is 10.8 Å². The predicted octanol–water partition coefficient (Wildman–Crippen LogP) is 18.2. The molecule has 3 atom stereocenters. The lowest BCUT2D eigenvalue weighted by Crippen LogP contribution is -2.32. The molecule has 0 aliphatic heterocycles. The smallest absolute Gasteiger partial charge is 0.138 e. The van der Waals surface area contributed by atoms with E-state index in [0.717, 1.165) is 17.1 Å². The highest BCUT2D eigenvalue weighted by atomic mass is 16.3. The van der Waals surface area contributed by atoms with Crippen LogP contribution in [-0.2, 0) is 10.8 Å². The summed E-state index contributed by atoms with van der Waals surface area (Å²) >= 11 is 0. The van der Waals surface area contributed by atoms with E-state index in [1.807, 2.05) is 0 Å². The Bertz CT molecular complexity index is 3240. The van der Waals surface area contributed by atoms with Crippen LogP contribution in [0.15, 0.2) is 144 Å². The number of para-hydroxylation sites is 1. The van der Waals surface area contributed by atoms with Gasteiger partial charge >= 0.3 is 0 Å². The first-order chi connectivity index (χ1) is 32.4. The van der Waals surface area contributed by atoms with Crippen LogP contribution in [0.25, 0.3) is 55.3 Å². The van der Waals surface area contributed by atoms with Gasteiger partial charge in [-0.1, -0.05) is 150 Å². The van der Waals surface area contributed by atoms with Gasteiger partial charge in [0.25, 0.3) is 0 Å². The fourth-order valence-corrected chi connectivity index (χ4v) is 15.2. The average molecular weight is 860 g/mol. The highest BCUT2D eigenvalue weighted by Gasteiger charge is 2.56. The molecule has 8 aromatic rings. The maximum atomic E-state index is 7.00. The van der Waals surface area contributed by atoms with Crippen molar-refractivity contribution in [2.45, 2.75) is 126 Å². The van der Waals surface area contributed by atoms with Crippen LogP contribution in [0.3, 0.4) is 0 Å². The summed E-state index contributed by atoms with van der Waals surface area (Å²) in [5, 5.41) is 2.57. The summed E-state index contributed by atoms with van der Waals surface area (Å²) in [5.74, 6) is 2.76. The molecule has 1 aromatic heterocycles. The number of furan rings is 1. The van der Waals surface area contributed by atoms with E-state index >= 15 is 0 Å². The summed E-state index contributed by atoms with van der Waals surface area (Å²) in [5.41, 5.74) is 22.9. The molecule has 0 amide bonds.